The maximum Gasteiger partial charge on any atom is 0.249 e. The van der Waals surface area contributed by atoms with Gasteiger partial charge in [-0.25, -0.2) is 23.0 Å². The van der Waals surface area contributed by atoms with Crippen molar-refractivity contribution in [2.45, 2.75) is 12.5 Å². The molecule has 18 heteroatoms. The van der Waals surface area contributed by atoms with Crippen LogP contribution in [0, 0.1) is 11.6 Å². The topological polar surface area (TPSA) is 148 Å². The molecule has 4 amide bonds. The van der Waals surface area contributed by atoms with Gasteiger partial charge in [0.1, 0.15) is 30.8 Å². The van der Waals surface area contributed by atoms with Crippen molar-refractivity contribution in [3.8, 4) is 0 Å². The van der Waals surface area contributed by atoms with Crippen LogP contribution in [0.4, 0.5) is 31.5 Å². The van der Waals surface area contributed by atoms with Crippen LogP contribution in [0.3, 0.4) is 0 Å². The van der Waals surface area contributed by atoms with Crippen LogP contribution in [0.5, 0.6) is 0 Å². The summed E-state index contributed by atoms with van der Waals surface area (Å²) < 4.78 is 46.7. The van der Waals surface area contributed by atoms with Gasteiger partial charge in [0.15, 0.2) is 0 Å². The maximum atomic E-state index is 14.2. The molecule has 13 nitrogen and oxygen atoms in total. The van der Waals surface area contributed by atoms with E-state index in [1.54, 1.807) is 66.6 Å². The van der Waals surface area contributed by atoms with E-state index in [0.29, 0.717) is 34.3 Å². The molecular weight excluding hydrogens is 771 g/mol. The van der Waals surface area contributed by atoms with Crippen molar-refractivity contribution in [3.05, 3.63) is 107 Å². The van der Waals surface area contributed by atoms with E-state index in [1.807, 2.05) is 12.1 Å². The molecule has 0 saturated heterocycles. The Balaban J connectivity index is 1.03. The SMILES string of the molecule is CN(C(=O)CNC(=O)CN1c2ccccc2N(CC(=O)NC(Cc2cc(F)cc(F)c2)C(=O)N(C)c2ccc3scnc3c2)S1=O)c1ccc2scnc2c1. The monoisotopic (exact) mass is 802 g/mol. The van der Waals surface area contributed by atoms with Gasteiger partial charge in [-0.1, -0.05) is 12.1 Å². The van der Waals surface area contributed by atoms with Gasteiger partial charge in [0.25, 0.3) is 0 Å². The molecule has 2 unspecified atom stereocenters. The van der Waals surface area contributed by atoms with Crippen LogP contribution in [-0.2, 0) is 36.8 Å². The molecule has 2 N–H and O–H groups in total. The van der Waals surface area contributed by atoms with E-state index in [1.165, 1.54) is 48.1 Å². The fraction of sp³-hybridized carbons (Fsp3) is 0.189. The Morgan fingerprint density at radius 3 is 1.89 bits per heavy atom. The van der Waals surface area contributed by atoms with Crippen molar-refractivity contribution in [3.63, 3.8) is 0 Å². The van der Waals surface area contributed by atoms with Crippen LogP contribution in [0.2, 0.25) is 0 Å². The summed E-state index contributed by atoms with van der Waals surface area (Å²) in [6, 6.07) is 18.9. The largest absolute Gasteiger partial charge is 0.345 e. The smallest absolute Gasteiger partial charge is 0.249 e. The first kappa shape index (κ1) is 37.5. The molecule has 7 rings (SSSR count). The highest BCUT2D eigenvalue weighted by Crippen LogP contribution is 2.38. The Labute approximate surface area is 323 Å². The number of carbonyl (C=O) groups is 4. The fourth-order valence-electron chi connectivity index (χ4n) is 6.08. The second-order valence-electron chi connectivity index (χ2n) is 12.5. The summed E-state index contributed by atoms with van der Waals surface area (Å²) in [6.07, 6.45) is -0.248. The molecule has 0 radical (unpaired) electrons. The second-order valence-corrected chi connectivity index (χ2v) is 15.6. The van der Waals surface area contributed by atoms with Gasteiger partial charge in [-0.2, -0.15) is 0 Å². The van der Waals surface area contributed by atoms with Crippen LogP contribution < -0.4 is 29.0 Å². The number of nitrogens with zero attached hydrogens (tertiary/aromatic N) is 6. The highest BCUT2D eigenvalue weighted by atomic mass is 32.2. The van der Waals surface area contributed by atoms with Gasteiger partial charge < -0.3 is 20.4 Å². The fourth-order valence-corrected chi connectivity index (χ4v) is 8.74. The lowest BCUT2D eigenvalue weighted by Gasteiger charge is -2.26. The number of nitrogens with one attached hydrogen (secondary N) is 2. The number of thiazole rings is 2. The summed E-state index contributed by atoms with van der Waals surface area (Å²) in [5.74, 6) is -3.93. The number of benzene rings is 4. The number of amides is 4. The van der Waals surface area contributed by atoms with Gasteiger partial charge in [-0.3, -0.25) is 27.8 Å². The Morgan fingerprint density at radius 2 is 1.31 bits per heavy atom. The van der Waals surface area contributed by atoms with Gasteiger partial charge in [0, 0.05) is 38.0 Å². The molecule has 0 saturated carbocycles. The number of carbonyl (C=O) groups excluding carboxylic acids is 4. The molecule has 4 aromatic carbocycles. The first-order valence-electron chi connectivity index (χ1n) is 16.7. The number of halogens is 2. The molecule has 1 aliphatic heterocycles. The zero-order chi connectivity index (χ0) is 38.8. The molecule has 0 spiro atoms. The Hall–Kier alpha value is -5.85. The van der Waals surface area contributed by atoms with E-state index < -0.39 is 59.7 Å². The summed E-state index contributed by atoms with van der Waals surface area (Å²) in [5, 5.41) is 5.26. The minimum absolute atomic E-state index is 0.136. The van der Waals surface area contributed by atoms with E-state index in [4.69, 9.17) is 0 Å². The van der Waals surface area contributed by atoms with Gasteiger partial charge in [0.05, 0.1) is 49.4 Å². The molecule has 2 atom stereocenters. The average molecular weight is 803 g/mol. The van der Waals surface area contributed by atoms with Crippen LogP contribution in [0.15, 0.2) is 89.9 Å². The highest BCUT2D eigenvalue weighted by molar-refractivity contribution is 7.88. The van der Waals surface area contributed by atoms with E-state index in [-0.39, 0.29) is 24.4 Å². The van der Waals surface area contributed by atoms with Crippen LogP contribution in [0.25, 0.3) is 20.4 Å². The molecule has 55 heavy (non-hydrogen) atoms. The standard InChI is InChI=1S/C37H32F2N8O5S3/c1-44(25-7-9-32-27(15-25)41-20-53-32)36(50)17-40-34(48)18-46-30-5-3-4-6-31(30)47(55(46)52)19-35(49)43-29(13-22-11-23(38)14-24(39)12-22)37(51)45(2)26-8-10-33-28(16-26)42-21-54-33/h3-12,14-16,20-21,29H,13,17-19H2,1-2H3,(H,40,48)(H,43,49). The van der Waals surface area contributed by atoms with E-state index >= 15 is 0 Å². The van der Waals surface area contributed by atoms with E-state index in [0.717, 1.165) is 27.0 Å². The lowest BCUT2D eigenvalue weighted by Crippen LogP contribution is -2.51. The molecule has 0 bridgehead atoms. The average Bonchev–Trinajstić information content (AvgIpc) is 3.90. The van der Waals surface area contributed by atoms with Crippen molar-refractivity contribution in [2.75, 3.05) is 52.1 Å². The summed E-state index contributed by atoms with van der Waals surface area (Å²) in [4.78, 5) is 65.0. The lowest BCUT2D eigenvalue weighted by atomic mass is 10.0. The minimum atomic E-state index is -2.07. The zero-order valence-electron chi connectivity index (χ0n) is 29.3. The van der Waals surface area contributed by atoms with Crippen molar-refractivity contribution in [2.24, 2.45) is 0 Å². The van der Waals surface area contributed by atoms with Gasteiger partial charge in [-0.15, -0.1) is 22.7 Å². The third-order valence-electron chi connectivity index (χ3n) is 8.91. The normalized spacial score (nSPS) is 14.1. The Bertz CT molecular complexity index is 2460. The number of aromatic nitrogens is 2. The van der Waals surface area contributed by atoms with Gasteiger partial charge >= 0.3 is 0 Å². The minimum Gasteiger partial charge on any atom is -0.345 e. The maximum absolute atomic E-state index is 14.2. The van der Waals surface area contributed by atoms with Crippen molar-refractivity contribution in [1.29, 1.82) is 0 Å². The summed E-state index contributed by atoms with van der Waals surface area (Å²) in [6.45, 7) is -1.22. The predicted molar refractivity (Wildman–Crippen MR) is 210 cm³/mol. The number of fused-ring (bicyclic) bond motifs is 3. The third kappa shape index (κ3) is 8.15. The van der Waals surface area contributed by atoms with Crippen LogP contribution >= 0.6 is 22.7 Å². The number of rotatable bonds is 12. The van der Waals surface area contributed by atoms with Gasteiger partial charge in [0.2, 0.25) is 34.8 Å². The molecule has 0 fully saturated rings. The number of likely N-dealkylation sites (N-methyl/N-ethyl adjacent to an activating group) is 2. The number of anilines is 4. The number of hydrogen-bond acceptors (Lipinski definition) is 9. The lowest BCUT2D eigenvalue weighted by molar-refractivity contribution is -0.126. The van der Waals surface area contributed by atoms with Crippen molar-refractivity contribution >= 4 is 101 Å². The van der Waals surface area contributed by atoms with Gasteiger partial charge in [-0.05, 0) is 66.2 Å². The summed E-state index contributed by atoms with van der Waals surface area (Å²) >= 11 is 0.848. The molecule has 3 heterocycles. The predicted octanol–water partition coefficient (Wildman–Crippen LogP) is 4.56. The highest BCUT2D eigenvalue weighted by Gasteiger charge is 2.37. The number of para-hydroxylation sites is 2. The Morgan fingerprint density at radius 1 is 0.764 bits per heavy atom. The van der Waals surface area contributed by atoms with Crippen LogP contribution in [0.1, 0.15) is 5.56 Å². The summed E-state index contributed by atoms with van der Waals surface area (Å²) in [5.41, 5.74) is 6.85. The van der Waals surface area contributed by atoms with Crippen molar-refractivity contribution < 1.29 is 32.2 Å². The van der Waals surface area contributed by atoms with E-state index in [2.05, 4.69) is 20.6 Å². The quantitative estimate of drug-likeness (QED) is 0.185. The van der Waals surface area contributed by atoms with Crippen LogP contribution in [-0.4, -0.2) is 77.6 Å². The summed E-state index contributed by atoms with van der Waals surface area (Å²) in [7, 11) is 3.10. The number of hydrogen-bond donors (Lipinski definition) is 2. The van der Waals surface area contributed by atoms with E-state index in [9.17, 15) is 32.2 Å². The third-order valence-corrected chi connectivity index (χ3v) is 11.9. The molecule has 2 aromatic heterocycles. The molecule has 0 aliphatic carbocycles. The molecule has 282 valence electrons. The zero-order valence-corrected chi connectivity index (χ0v) is 31.7. The molecule has 1 aliphatic rings. The second kappa shape index (κ2) is 15.9. The Kier molecular flexibility index (Phi) is 10.8. The first-order valence-corrected chi connectivity index (χ1v) is 19.5. The molecular formula is C37H32F2N8O5S3. The first-order chi connectivity index (χ1) is 26.4. The molecule has 6 aromatic rings. The van der Waals surface area contributed by atoms with Crippen molar-refractivity contribution in [1.82, 2.24) is 20.6 Å².